The fourth-order valence-corrected chi connectivity index (χ4v) is 6.91. The summed E-state index contributed by atoms with van der Waals surface area (Å²) in [5.41, 5.74) is 3.21. The number of thiophene rings is 1. The first-order valence-electron chi connectivity index (χ1n) is 13.0. The molecule has 5 nitrogen and oxygen atoms in total. The van der Waals surface area contributed by atoms with Crippen molar-refractivity contribution in [3.8, 4) is 16.9 Å². The molecule has 1 aliphatic carbocycles. The molecule has 0 unspecified atom stereocenters. The predicted molar refractivity (Wildman–Crippen MR) is 156 cm³/mol. The number of rotatable bonds is 7. The third-order valence-electron chi connectivity index (χ3n) is 7.63. The van der Waals surface area contributed by atoms with E-state index in [-0.39, 0.29) is 38.5 Å². The van der Waals surface area contributed by atoms with Gasteiger partial charge < -0.3 is 15.0 Å². The Labute approximate surface area is 241 Å². The Morgan fingerprint density at radius 2 is 1.75 bits per heavy atom. The Bertz CT molecular complexity index is 1590. The number of amides is 1. The number of carbonyl (C=O) groups is 1. The van der Waals surface area contributed by atoms with Gasteiger partial charge in [0, 0.05) is 24.2 Å². The number of ether oxygens (including phenoxy) is 1. The van der Waals surface area contributed by atoms with E-state index in [0.717, 1.165) is 65.8 Å². The molecule has 0 saturated heterocycles. The summed E-state index contributed by atoms with van der Waals surface area (Å²) in [4.78, 5) is 19.5. The zero-order valence-electron chi connectivity index (χ0n) is 22.1. The van der Waals surface area contributed by atoms with Crippen LogP contribution in [-0.2, 0) is 6.54 Å². The fourth-order valence-electron chi connectivity index (χ4n) is 5.40. The largest absolute Gasteiger partial charge is 0.496 e. The Morgan fingerprint density at radius 3 is 2.38 bits per heavy atom. The fraction of sp³-hybridized carbons (Fsp3) is 0.290. The van der Waals surface area contributed by atoms with Gasteiger partial charge in [-0.15, -0.1) is 11.3 Å². The average molecular weight is 580 g/mol. The third-order valence-corrected chi connectivity index (χ3v) is 9.31. The number of halogens is 3. The number of fused-ring (bicyclic) bond motifs is 1. The summed E-state index contributed by atoms with van der Waals surface area (Å²) in [6.07, 6.45) is 3.36. The molecule has 9 heteroatoms. The lowest BCUT2D eigenvalue weighted by Crippen LogP contribution is -2.44. The van der Waals surface area contributed by atoms with Crippen LogP contribution in [0.3, 0.4) is 0 Å². The molecule has 40 heavy (non-hydrogen) atoms. The molecule has 1 fully saturated rings. The van der Waals surface area contributed by atoms with E-state index in [4.69, 9.17) is 22.9 Å². The maximum atomic E-state index is 14.6. The Balaban J connectivity index is 1.55. The minimum atomic E-state index is -0.656. The molecule has 0 spiro atoms. The minimum Gasteiger partial charge on any atom is -0.496 e. The standard InChI is InChI=1S/C31H28ClF2N3O2S/c1-35-21-7-4-18(5-8-21)19-6-15-26(39-3)20(16-19)17-37(23-11-9-22(36-2)10-12-23)31(38)30-28(32)27-24(33)13-14-25(34)29(27)40-30/h4-8,13-16,22-23,36H,9-12,17H2,2-3H3. The lowest BCUT2D eigenvalue weighted by Gasteiger charge is -2.37. The number of methoxy groups -OCH3 is 1. The summed E-state index contributed by atoms with van der Waals surface area (Å²) >= 11 is 7.44. The van der Waals surface area contributed by atoms with Gasteiger partial charge >= 0.3 is 0 Å². The van der Waals surface area contributed by atoms with Gasteiger partial charge in [0.25, 0.3) is 5.91 Å². The van der Waals surface area contributed by atoms with Gasteiger partial charge in [-0.25, -0.2) is 13.6 Å². The molecule has 3 aromatic carbocycles. The summed E-state index contributed by atoms with van der Waals surface area (Å²) in [5, 5.41) is 3.20. The van der Waals surface area contributed by atoms with Crippen molar-refractivity contribution in [1.82, 2.24) is 10.2 Å². The highest BCUT2D eigenvalue weighted by Crippen LogP contribution is 2.40. The topological polar surface area (TPSA) is 45.9 Å². The van der Waals surface area contributed by atoms with Gasteiger partial charge in [-0.1, -0.05) is 41.9 Å². The number of hydrogen-bond donors (Lipinski definition) is 1. The molecule has 5 rings (SSSR count). The summed E-state index contributed by atoms with van der Waals surface area (Å²) in [6.45, 7) is 7.44. The van der Waals surface area contributed by atoms with E-state index in [9.17, 15) is 13.6 Å². The summed E-state index contributed by atoms with van der Waals surface area (Å²) in [6, 6.07) is 15.5. The van der Waals surface area contributed by atoms with Gasteiger partial charge in [0.05, 0.1) is 28.8 Å². The van der Waals surface area contributed by atoms with Crippen molar-refractivity contribution < 1.29 is 18.3 Å². The number of benzene rings is 3. The third kappa shape index (κ3) is 5.42. The molecule has 1 N–H and O–H groups in total. The van der Waals surface area contributed by atoms with Gasteiger partial charge in [-0.3, -0.25) is 4.79 Å². The highest BCUT2D eigenvalue weighted by atomic mass is 35.5. The summed E-state index contributed by atoms with van der Waals surface area (Å²) in [7, 11) is 3.52. The Hall–Kier alpha value is -3.51. The molecule has 206 valence electrons. The van der Waals surface area contributed by atoms with Crippen LogP contribution >= 0.6 is 22.9 Å². The van der Waals surface area contributed by atoms with Gasteiger partial charge in [-0.2, -0.15) is 0 Å². The number of nitrogens with one attached hydrogen (secondary N) is 1. The molecule has 0 radical (unpaired) electrons. The molecule has 0 bridgehead atoms. The average Bonchev–Trinajstić information content (AvgIpc) is 3.35. The van der Waals surface area contributed by atoms with Gasteiger partial charge in [0.2, 0.25) is 0 Å². The first-order valence-corrected chi connectivity index (χ1v) is 14.2. The molecule has 1 aromatic heterocycles. The highest BCUT2D eigenvalue weighted by molar-refractivity contribution is 7.21. The molecule has 0 atom stereocenters. The monoisotopic (exact) mass is 579 g/mol. The van der Waals surface area contributed by atoms with E-state index in [1.807, 2.05) is 37.4 Å². The highest BCUT2D eigenvalue weighted by Gasteiger charge is 2.33. The van der Waals surface area contributed by atoms with E-state index >= 15 is 0 Å². The maximum absolute atomic E-state index is 14.6. The van der Waals surface area contributed by atoms with Gasteiger partial charge in [-0.05, 0) is 68.1 Å². The van der Waals surface area contributed by atoms with Crippen LogP contribution in [0.15, 0.2) is 54.6 Å². The van der Waals surface area contributed by atoms with Crippen LogP contribution in [0.1, 0.15) is 40.9 Å². The quantitative estimate of drug-likeness (QED) is 0.224. The maximum Gasteiger partial charge on any atom is 0.266 e. The number of carbonyl (C=O) groups excluding carboxylic acids is 1. The lowest BCUT2D eigenvalue weighted by atomic mass is 9.89. The van der Waals surface area contributed by atoms with Crippen LogP contribution in [0.4, 0.5) is 14.5 Å². The number of nitrogens with zero attached hydrogens (tertiary/aromatic N) is 2. The van der Waals surface area contributed by atoms with Crippen molar-refractivity contribution in [3.05, 3.63) is 93.1 Å². The predicted octanol–water partition coefficient (Wildman–Crippen LogP) is 8.23. The van der Waals surface area contributed by atoms with E-state index in [1.54, 1.807) is 24.1 Å². The first-order chi connectivity index (χ1) is 19.3. The van der Waals surface area contributed by atoms with Gasteiger partial charge in [0.1, 0.15) is 22.3 Å². The van der Waals surface area contributed by atoms with Crippen molar-refractivity contribution in [3.63, 3.8) is 0 Å². The van der Waals surface area contributed by atoms with Gasteiger partial charge in [0.15, 0.2) is 5.69 Å². The van der Waals surface area contributed by atoms with E-state index in [1.165, 1.54) is 0 Å². The second-order valence-corrected chi connectivity index (χ2v) is 11.3. The van der Waals surface area contributed by atoms with Crippen LogP contribution in [0.25, 0.3) is 26.1 Å². The van der Waals surface area contributed by atoms with Crippen LogP contribution in [-0.4, -0.2) is 37.0 Å². The SMILES string of the molecule is [C-]#[N+]c1ccc(-c2ccc(OC)c(CN(C(=O)c3sc4c(F)ccc(F)c4c3Cl)C3CCC(NC)CC3)c2)cc1. The van der Waals surface area contributed by atoms with Crippen molar-refractivity contribution in [2.45, 2.75) is 44.3 Å². The molecule has 0 aliphatic heterocycles. The summed E-state index contributed by atoms with van der Waals surface area (Å²) in [5.74, 6) is -0.993. The van der Waals surface area contributed by atoms with Crippen molar-refractivity contribution in [2.75, 3.05) is 14.2 Å². The first kappa shape index (κ1) is 28.0. The Kier molecular flexibility index (Phi) is 8.36. The second-order valence-electron chi connectivity index (χ2n) is 9.89. The normalized spacial score (nSPS) is 17.0. The molecule has 1 aliphatic rings. The zero-order chi connectivity index (χ0) is 28.4. The smallest absolute Gasteiger partial charge is 0.266 e. The van der Waals surface area contributed by atoms with Crippen molar-refractivity contribution in [1.29, 1.82) is 0 Å². The minimum absolute atomic E-state index is 0.0367. The van der Waals surface area contributed by atoms with Crippen LogP contribution < -0.4 is 10.1 Å². The molecular formula is C31H28ClF2N3O2S. The molecular weight excluding hydrogens is 552 g/mol. The molecule has 1 saturated carbocycles. The van der Waals surface area contributed by atoms with Crippen LogP contribution in [0.2, 0.25) is 5.02 Å². The van der Waals surface area contributed by atoms with Crippen molar-refractivity contribution in [2.24, 2.45) is 0 Å². The van der Waals surface area contributed by atoms with Crippen molar-refractivity contribution >= 4 is 44.6 Å². The van der Waals surface area contributed by atoms with E-state index in [0.29, 0.717) is 17.5 Å². The molecule has 4 aromatic rings. The van der Waals surface area contributed by atoms with Crippen LogP contribution in [0, 0.1) is 18.2 Å². The van der Waals surface area contributed by atoms with E-state index < -0.39 is 11.6 Å². The Morgan fingerprint density at radius 1 is 1.07 bits per heavy atom. The second kappa shape index (κ2) is 11.9. The lowest BCUT2D eigenvalue weighted by molar-refractivity contribution is 0.0604. The molecule has 1 amide bonds. The van der Waals surface area contributed by atoms with E-state index in [2.05, 4.69) is 10.2 Å². The van der Waals surface area contributed by atoms with Crippen LogP contribution in [0.5, 0.6) is 5.75 Å². The zero-order valence-corrected chi connectivity index (χ0v) is 23.7. The number of hydrogen-bond acceptors (Lipinski definition) is 4. The molecule has 1 heterocycles. The summed E-state index contributed by atoms with van der Waals surface area (Å²) < 4.78 is 34.9.